The summed E-state index contributed by atoms with van der Waals surface area (Å²) in [5.41, 5.74) is 3.55. The number of rotatable bonds is 7. The predicted octanol–water partition coefficient (Wildman–Crippen LogP) is 5.81. The van der Waals surface area contributed by atoms with E-state index in [9.17, 15) is 14.4 Å². The molecular formula is C29H20ClN3O4S. The monoisotopic (exact) mass is 541 g/mol. The lowest BCUT2D eigenvalue weighted by Crippen LogP contribution is -2.35. The molecule has 0 radical (unpaired) electrons. The molecule has 0 bridgehead atoms. The zero-order valence-corrected chi connectivity index (χ0v) is 21.4. The van der Waals surface area contributed by atoms with Crippen molar-refractivity contribution in [2.45, 2.75) is 0 Å². The maximum absolute atomic E-state index is 12.6. The van der Waals surface area contributed by atoms with Crippen LogP contribution in [0, 0.1) is 0 Å². The Morgan fingerprint density at radius 1 is 0.868 bits per heavy atom. The number of carbonyl (C=O) groups is 3. The van der Waals surface area contributed by atoms with E-state index in [1.165, 1.54) is 17.6 Å². The number of hydrazone groups is 1. The van der Waals surface area contributed by atoms with E-state index < -0.39 is 11.9 Å². The highest BCUT2D eigenvalue weighted by molar-refractivity contribution is 7.21. The molecule has 5 rings (SSSR count). The van der Waals surface area contributed by atoms with Gasteiger partial charge in [-0.2, -0.15) is 5.10 Å². The standard InChI is InChI=1S/C29H20ClN3O4S/c30-26-23-9-3-4-11-24(23)38-27(26)29(36)37-20-14-12-18(13-15-20)16-32-33-25(34)17-31-28(35)22-10-5-7-19-6-1-2-8-21(19)22/h1-16H,17H2,(H,31,35)(H,33,34)/b32-16-. The van der Waals surface area contributed by atoms with Crippen molar-refractivity contribution in [2.24, 2.45) is 5.10 Å². The number of fused-ring (bicyclic) bond motifs is 2. The molecular weight excluding hydrogens is 522 g/mol. The van der Waals surface area contributed by atoms with Gasteiger partial charge in [0.1, 0.15) is 10.6 Å². The van der Waals surface area contributed by atoms with Gasteiger partial charge in [0.2, 0.25) is 0 Å². The van der Waals surface area contributed by atoms with Gasteiger partial charge in [0.25, 0.3) is 11.8 Å². The summed E-state index contributed by atoms with van der Waals surface area (Å²) in [6, 6.07) is 27.1. The maximum Gasteiger partial charge on any atom is 0.355 e. The summed E-state index contributed by atoms with van der Waals surface area (Å²) < 4.78 is 6.37. The molecule has 188 valence electrons. The van der Waals surface area contributed by atoms with Crippen molar-refractivity contribution in [2.75, 3.05) is 6.54 Å². The first-order chi connectivity index (χ1) is 18.5. The van der Waals surface area contributed by atoms with E-state index in [1.54, 1.807) is 36.4 Å². The van der Waals surface area contributed by atoms with Crippen LogP contribution in [-0.2, 0) is 4.79 Å². The first-order valence-electron chi connectivity index (χ1n) is 11.6. The Hall–Kier alpha value is -4.53. The third-order valence-electron chi connectivity index (χ3n) is 5.66. The molecule has 2 amide bonds. The first kappa shape index (κ1) is 25.1. The summed E-state index contributed by atoms with van der Waals surface area (Å²) in [6.45, 7) is -0.228. The number of ether oxygens (including phenoxy) is 1. The molecule has 0 unspecified atom stereocenters. The number of halogens is 1. The molecule has 0 aliphatic carbocycles. The molecule has 5 aromatic rings. The van der Waals surface area contributed by atoms with Gasteiger partial charge in [-0.3, -0.25) is 9.59 Å². The van der Waals surface area contributed by atoms with Crippen LogP contribution in [0.4, 0.5) is 0 Å². The number of amides is 2. The molecule has 2 N–H and O–H groups in total. The largest absolute Gasteiger partial charge is 0.422 e. The second-order valence-corrected chi connectivity index (χ2v) is 9.63. The minimum atomic E-state index is -0.532. The Labute approximate surface area is 226 Å². The molecule has 38 heavy (non-hydrogen) atoms. The number of benzene rings is 4. The Kier molecular flexibility index (Phi) is 7.44. The highest BCUT2D eigenvalue weighted by Crippen LogP contribution is 2.35. The van der Waals surface area contributed by atoms with E-state index >= 15 is 0 Å². The summed E-state index contributed by atoms with van der Waals surface area (Å²) in [4.78, 5) is 37.6. The van der Waals surface area contributed by atoms with E-state index in [0.29, 0.717) is 26.8 Å². The molecule has 0 fully saturated rings. The highest BCUT2D eigenvalue weighted by atomic mass is 35.5. The molecule has 7 nitrogen and oxygen atoms in total. The van der Waals surface area contributed by atoms with Crippen LogP contribution in [0.3, 0.4) is 0 Å². The fraction of sp³-hybridized carbons (Fsp3) is 0.0345. The average Bonchev–Trinajstić information content (AvgIpc) is 3.29. The highest BCUT2D eigenvalue weighted by Gasteiger charge is 2.19. The van der Waals surface area contributed by atoms with E-state index in [1.807, 2.05) is 54.6 Å². The Balaban J connectivity index is 1.12. The lowest BCUT2D eigenvalue weighted by atomic mass is 10.0. The van der Waals surface area contributed by atoms with Crippen LogP contribution in [0.5, 0.6) is 5.75 Å². The van der Waals surface area contributed by atoms with Crippen molar-refractivity contribution in [3.05, 3.63) is 112 Å². The lowest BCUT2D eigenvalue weighted by molar-refractivity contribution is -0.120. The Morgan fingerprint density at radius 2 is 1.58 bits per heavy atom. The van der Waals surface area contributed by atoms with Gasteiger partial charge in [0.15, 0.2) is 0 Å². The smallest absolute Gasteiger partial charge is 0.355 e. The van der Waals surface area contributed by atoms with E-state index in [0.717, 1.165) is 20.9 Å². The Morgan fingerprint density at radius 3 is 2.37 bits per heavy atom. The van der Waals surface area contributed by atoms with Crippen molar-refractivity contribution in [1.29, 1.82) is 0 Å². The van der Waals surface area contributed by atoms with Gasteiger partial charge in [0.05, 0.1) is 17.8 Å². The van der Waals surface area contributed by atoms with Crippen LogP contribution < -0.4 is 15.5 Å². The fourth-order valence-corrected chi connectivity index (χ4v) is 5.20. The summed E-state index contributed by atoms with van der Waals surface area (Å²) in [6.07, 6.45) is 1.44. The van der Waals surface area contributed by atoms with E-state index in [4.69, 9.17) is 16.3 Å². The van der Waals surface area contributed by atoms with Gasteiger partial charge in [-0.1, -0.05) is 66.2 Å². The van der Waals surface area contributed by atoms with Crippen molar-refractivity contribution in [1.82, 2.24) is 10.7 Å². The summed E-state index contributed by atoms with van der Waals surface area (Å²) in [7, 11) is 0. The van der Waals surface area contributed by atoms with Crippen LogP contribution in [0.1, 0.15) is 25.6 Å². The fourth-order valence-electron chi connectivity index (χ4n) is 3.82. The zero-order chi connectivity index (χ0) is 26.5. The second kappa shape index (κ2) is 11.2. The normalized spacial score (nSPS) is 11.1. The van der Waals surface area contributed by atoms with E-state index in [-0.39, 0.29) is 12.5 Å². The molecule has 0 aliphatic heterocycles. The van der Waals surface area contributed by atoms with Gasteiger partial charge >= 0.3 is 5.97 Å². The minimum Gasteiger partial charge on any atom is -0.422 e. The average molecular weight is 542 g/mol. The first-order valence-corrected chi connectivity index (χ1v) is 12.8. The number of carbonyl (C=O) groups excluding carboxylic acids is 3. The van der Waals surface area contributed by atoms with Crippen LogP contribution in [0.25, 0.3) is 20.9 Å². The number of thiophene rings is 1. The number of hydrogen-bond donors (Lipinski definition) is 2. The summed E-state index contributed by atoms with van der Waals surface area (Å²) in [5, 5.41) is 9.47. The Bertz CT molecular complexity index is 1690. The summed E-state index contributed by atoms with van der Waals surface area (Å²) >= 11 is 7.63. The molecule has 1 aromatic heterocycles. The van der Waals surface area contributed by atoms with E-state index in [2.05, 4.69) is 15.8 Å². The lowest BCUT2D eigenvalue weighted by Gasteiger charge is -2.07. The summed E-state index contributed by atoms with van der Waals surface area (Å²) in [5.74, 6) is -1.00. The van der Waals surface area contributed by atoms with Crippen molar-refractivity contribution in [3.63, 3.8) is 0 Å². The molecule has 9 heteroatoms. The van der Waals surface area contributed by atoms with Crippen molar-refractivity contribution < 1.29 is 19.1 Å². The number of esters is 1. The second-order valence-electron chi connectivity index (χ2n) is 8.20. The molecule has 0 saturated heterocycles. The molecule has 0 spiro atoms. The SMILES string of the molecule is O=C(CNC(=O)c1cccc2ccccc12)N/N=C\c1ccc(OC(=O)c2sc3ccccc3c2Cl)cc1. The van der Waals surface area contributed by atoms with Gasteiger partial charge < -0.3 is 10.1 Å². The number of nitrogens with zero attached hydrogens (tertiary/aromatic N) is 1. The molecule has 0 saturated carbocycles. The maximum atomic E-state index is 12.6. The van der Waals surface area contributed by atoms with Crippen LogP contribution in [-0.4, -0.2) is 30.5 Å². The third-order valence-corrected chi connectivity index (χ3v) is 7.31. The van der Waals surface area contributed by atoms with Gasteiger partial charge in [-0.25, -0.2) is 10.2 Å². The topological polar surface area (TPSA) is 96.9 Å². The van der Waals surface area contributed by atoms with Crippen LogP contribution in [0.2, 0.25) is 5.02 Å². The van der Waals surface area contributed by atoms with Gasteiger partial charge in [-0.05, 0) is 52.7 Å². The zero-order valence-electron chi connectivity index (χ0n) is 19.8. The predicted molar refractivity (Wildman–Crippen MR) is 150 cm³/mol. The van der Waals surface area contributed by atoms with Crippen LogP contribution >= 0.6 is 22.9 Å². The van der Waals surface area contributed by atoms with Gasteiger partial charge in [0, 0.05) is 15.6 Å². The van der Waals surface area contributed by atoms with Crippen molar-refractivity contribution >= 4 is 67.8 Å². The molecule has 0 aliphatic rings. The molecule has 0 atom stereocenters. The third kappa shape index (κ3) is 5.56. The van der Waals surface area contributed by atoms with Crippen LogP contribution in [0.15, 0.2) is 96.1 Å². The number of nitrogens with one attached hydrogen (secondary N) is 2. The van der Waals surface area contributed by atoms with Gasteiger partial charge in [-0.15, -0.1) is 11.3 Å². The molecule has 4 aromatic carbocycles. The number of hydrogen-bond acceptors (Lipinski definition) is 6. The molecule has 1 heterocycles. The quantitative estimate of drug-likeness (QED) is 0.118. The van der Waals surface area contributed by atoms with Crippen molar-refractivity contribution in [3.8, 4) is 5.75 Å². The minimum absolute atomic E-state index is 0.228.